The molecule has 144 valence electrons. The van der Waals surface area contributed by atoms with Gasteiger partial charge in [-0.05, 0) is 62.8 Å². The summed E-state index contributed by atoms with van der Waals surface area (Å²) in [5, 5.41) is 0. The largest absolute Gasteiger partial charge is 0.497 e. The van der Waals surface area contributed by atoms with Crippen molar-refractivity contribution in [2.75, 3.05) is 13.7 Å². The summed E-state index contributed by atoms with van der Waals surface area (Å²) >= 11 is 0. The van der Waals surface area contributed by atoms with Gasteiger partial charge < -0.3 is 14.6 Å². The van der Waals surface area contributed by atoms with E-state index in [1.807, 2.05) is 36.9 Å². The monoisotopic (exact) mass is 369 g/mol. The highest BCUT2D eigenvalue weighted by atomic mass is 16.5. The molecule has 0 bridgehead atoms. The number of aryl methyl sites for hydroxylation is 2. The number of ether oxygens (including phenoxy) is 1. The molecule has 1 aromatic heterocycles. The van der Waals surface area contributed by atoms with Crippen molar-refractivity contribution in [2.24, 2.45) is 0 Å². The predicted octanol–water partition coefficient (Wildman–Crippen LogP) is 3.08. The second-order valence-electron chi connectivity index (χ2n) is 7.11. The fourth-order valence-electron chi connectivity index (χ4n) is 3.92. The van der Waals surface area contributed by atoms with Gasteiger partial charge in [-0.25, -0.2) is 4.79 Å². The van der Waals surface area contributed by atoms with Gasteiger partial charge in [0.2, 0.25) is 5.91 Å². The van der Waals surface area contributed by atoms with Gasteiger partial charge in [0.05, 0.1) is 13.2 Å². The molecule has 3 rings (SSSR count). The van der Waals surface area contributed by atoms with E-state index in [9.17, 15) is 9.59 Å². The molecule has 0 saturated carbocycles. The van der Waals surface area contributed by atoms with Gasteiger partial charge in [0.15, 0.2) is 0 Å². The number of carbonyl (C=O) groups excluding carboxylic acids is 1. The zero-order chi connectivity index (χ0) is 19.4. The Balaban J connectivity index is 1.75. The van der Waals surface area contributed by atoms with E-state index in [0.717, 1.165) is 48.4 Å². The summed E-state index contributed by atoms with van der Waals surface area (Å²) in [5.41, 5.74) is 3.24. The molecule has 6 heteroatoms. The maximum Gasteiger partial charge on any atom is 0.345 e. The van der Waals surface area contributed by atoms with Gasteiger partial charge in [0, 0.05) is 24.4 Å². The Hall–Kier alpha value is -2.63. The number of aromatic nitrogens is 2. The number of carbonyl (C=O) groups is 1. The molecule has 1 saturated heterocycles. The van der Waals surface area contributed by atoms with Crippen LogP contribution in [0.5, 0.6) is 5.75 Å². The Kier molecular flexibility index (Phi) is 5.94. The molecule has 0 unspecified atom stereocenters. The molecule has 1 N–H and O–H groups in total. The van der Waals surface area contributed by atoms with Crippen LogP contribution in [0.2, 0.25) is 0 Å². The number of hydrogen-bond acceptors (Lipinski definition) is 4. The van der Waals surface area contributed by atoms with Gasteiger partial charge in [0.25, 0.3) is 0 Å². The molecule has 1 aliphatic rings. The molecule has 1 amide bonds. The number of amides is 1. The number of nitrogens with zero attached hydrogens (tertiary/aromatic N) is 2. The topological polar surface area (TPSA) is 75.3 Å². The number of nitrogens with one attached hydrogen (secondary N) is 1. The van der Waals surface area contributed by atoms with Crippen LogP contribution in [0, 0.1) is 13.8 Å². The van der Waals surface area contributed by atoms with E-state index in [2.05, 4.69) is 16.0 Å². The lowest BCUT2D eigenvalue weighted by Crippen LogP contribution is -2.38. The van der Waals surface area contributed by atoms with E-state index in [-0.39, 0.29) is 17.6 Å². The smallest absolute Gasteiger partial charge is 0.345 e. The van der Waals surface area contributed by atoms with Crippen molar-refractivity contribution in [3.8, 4) is 5.75 Å². The van der Waals surface area contributed by atoms with E-state index in [4.69, 9.17) is 4.74 Å². The molecule has 0 spiro atoms. The number of aromatic amines is 1. The van der Waals surface area contributed by atoms with Gasteiger partial charge in [-0.3, -0.25) is 4.79 Å². The number of methoxy groups -OCH3 is 1. The van der Waals surface area contributed by atoms with Crippen molar-refractivity contribution in [3.05, 3.63) is 57.3 Å². The normalized spacial score (nSPS) is 17.0. The van der Waals surface area contributed by atoms with E-state index >= 15 is 0 Å². The third kappa shape index (κ3) is 4.38. The maximum atomic E-state index is 13.0. The summed E-state index contributed by atoms with van der Waals surface area (Å²) in [6.45, 7) is 4.46. The summed E-state index contributed by atoms with van der Waals surface area (Å²) < 4.78 is 5.34. The molecule has 0 aliphatic carbocycles. The first kappa shape index (κ1) is 19.1. The predicted molar refractivity (Wildman–Crippen MR) is 104 cm³/mol. The second-order valence-corrected chi connectivity index (χ2v) is 7.11. The van der Waals surface area contributed by atoms with Crippen LogP contribution in [-0.2, 0) is 11.2 Å². The van der Waals surface area contributed by atoms with Crippen LogP contribution >= 0.6 is 0 Å². The van der Waals surface area contributed by atoms with Crippen LogP contribution in [0.25, 0.3) is 0 Å². The molecule has 0 radical (unpaired) electrons. The highest BCUT2D eigenvalue weighted by molar-refractivity contribution is 5.77. The fourth-order valence-corrected chi connectivity index (χ4v) is 3.92. The number of H-pyrrole nitrogens is 1. The van der Waals surface area contributed by atoms with Crippen LogP contribution in [0.3, 0.4) is 0 Å². The molecule has 6 nitrogen and oxygen atoms in total. The third-order valence-electron chi connectivity index (χ3n) is 5.34. The van der Waals surface area contributed by atoms with E-state index < -0.39 is 0 Å². The summed E-state index contributed by atoms with van der Waals surface area (Å²) in [6.07, 6.45) is 4.12. The molecule has 1 fully saturated rings. The van der Waals surface area contributed by atoms with E-state index in [1.54, 1.807) is 7.11 Å². The van der Waals surface area contributed by atoms with Crippen molar-refractivity contribution in [3.63, 3.8) is 0 Å². The standard InChI is InChI=1S/C21H27N3O3/c1-14-18(15(2)23-21(26)22-14)10-11-20(25)24-12-5-4-9-19(24)16-7-6-8-17(13-16)27-3/h6-8,13,19H,4-5,9-12H2,1-3H3,(H,22,23,26)/t19-/m0/s1. The van der Waals surface area contributed by atoms with Gasteiger partial charge in [0.1, 0.15) is 5.75 Å². The fraction of sp³-hybridized carbons (Fsp3) is 0.476. The molecule has 1 atom stereocenters. The first-order valence-electron chi connectivity index (χ1n) is 9.49. The first-order chi connectivity index (χ1) is 13.0. The lowest BCUT2D eigenvalue weighted by molar-refractivity contribution is -0.135. The highest BCUT2D eigenvalue weighted by Crippen LogP contribution is 2.33. The van der Waals surface area contributed by atoms with Gasteiger partial charge in [-0.2, -0.15) is 4.98 Å². The maximum absolute atomic E-state index is 13.0. The van der Waals surface area contributed by atoms with Crippen molar-refractivity contribution in [2.45, 2.75) is 52.0 Å². The third-order valence-corrected chi connectivity index (χ3v) is 5.34. The summed E-state index contributed by atoms with van der Waals surface area (Å²) in [6, 6.07) is 8.09. The summed E-state index contributed by atoms with van der Waals surface area (Å²) in [4.78, 5) is 33.1. The lowest BCUT2D eigenvalue weighted by Gasteiger charge is -2.36. The molecule has 27 heavy (non-hydrogen) atoms. The van der Waals surface area contributed by atoms with Crippen LogP contribution in [0.1, 0.15) is 54.2 Å². The number of piperidine rings is 1. The lowest BCUT2D eigenvalue weighted by atomic mass is 9.94. The van der Waals surface area contributed by atoms with E-state index in [1.165, 1.54) is 0 Å². The number of benzene rings is 1. The second kappa shape index (κ2) is 8.37. The quantitative estimate of drug-likeness (QED) is 0.879. The Bertz CT molecular complexity index is 849. The highest BCUT2D eigenvalue weighted by Gasteiger charge is 2.28. The number of rotatable bonds is 5. The van der Waals surface area contributed by atoms with Crippen LogP contribution in [0.4, 0.5) is 0 Å². The van der Waals surface area contributed by atoms with Gasteiger partial charge in [-0.1, -0.05) is 12.1 Å². The number of hydrogen-bond donors (Lipinski definition) is 1. The minimum absolute atomic E-state index is 0.0947. The zero-order valence-electron chi connectivity index (χ0n) is 16.2. The van der Waals surface area contributed by atoms with Crippen LogP contribution < -0.4 is 10.4 Å². The first-order valence-corrected chi connectivity index (χ1v) is 9.49. The van der Waals surface area contributed by atoms with Crippen molar-refractivity contribution in [1.82, 2.24) is 14.9 Å². The number of likely N-dealkylation sites (tertiary alicyclic amines) is 1. The van der Waals surface area contributed by atoms with Crippen molar-refractivity contribution < 1.29 is 9.53 Å². The molecule has 2 aromatic rings. The minimum Gasteiger partial charge on any atom is -0.497 e. The Labute approximate surface area is 159 Å². The van der Waals surface area contributed by atoms with Gasteiger partial charge in [-0.15, -0.1) is 0 Å². The van der Waals surface area contributed by atoms with E-state index in [0.29, 0.717) is 18.5 Å². The average Bonchev–Trinajstić information content (AvgIpc) is 2.67. The summed E-state index contributed by atoms with van der Waals surface area (Å²) in [5.74, 6) is 0.962. The average molecular weight is 369 g/mol. The summed E-state index contributed by atoms with van der Waals surface area (Å²) in [7, 11) is 1.66. The zero-order valence-corrected chi connectivity index (χ0v) is 16.2. The van der Waals surface area contributed by atoms with Crippen molar-refractivity contribution in [1.29, 1.82) is 0 Å². The minimum atomic E-state index is -0.339. The molecular weight excluding hydrogens is 342 g/mol. The Morgan fingerprint density at radius 1 is 1.33 bits per heavy atom. The van der Waals surface area contributed by atoms with Crippen LogP contribution in [0.15, 0.2) is 29.1 Å². The molecule has 2 heterocycles. The molecular formula is C21H27N3O3. The Morgan fingerprint density at radius 3 is 2.89 bits per heavy atom. The molecule has 1 aromatic carbocycles. The van der Waals surface area contributed by atoms with Crippen LogP contribution in [-0.4, -0.2) is 34.4 Å². The van der Waals surface area contributed by atoms with Crippen molar-refractivity contribution >= 4 is 5.91 Å². The molecule has 1 aliphatic heterocycles. The Morgan fingerprint density at radius 2 is 2.15 bits per heavy atom. The van der Waals surface area contributed by atoms with Gasteiger partial charge >= 0.3 is 5.69 Å². The SMILES string of the molecule is COc1cccc([C@@H]2CCCCN2C(=O)CCc2c(C)nc(=O)[nH]c2C)c1.